The molecule has 0 radical (unpaired) electrons. The van der Waals surface area contributed by atoms with E-state index in [2.05, 4.69) is 25.7 Å². The molecule has 68 heavy (non-hydrogen) atoms. The lowest BCUT2D eigenvalue weighted by atomic mass is 9.93. The van der Waals surface area contributed by atoms with Crippen LogP contribution in [0.2, 0.25) is 0 Å². The van der Waals surface area contributed by atoms with Gasteiger partial charge in [-0.2, -0.15) is 0 Å². The Kier molecular flexibility index (Phi) is 15.8. The normalized spacial score (nSPS) is 15.2. The van der Waals surface area contributed by atoms with E-state index in [1.54, 1.807) is 22.6 Å². The maximum atomic E-state index is 13.7. The van der Waals surface area contributed by atoms with Crippen molar-refractivity contribution in [2.75, 3.05) is 39.8 Å². The molecule has 2 saturated heterocycles. The minimum Gasteiger partial charge on any atom is -0.508 e. The highest BCUT2D eigenvalue weighted by molar-refractivity contribution is 5.97. The number of aryl methyl sites for hydroxylation is 1. The number of carbonyl (C=O) groups excluding carboxylic acids is 5. The number of amides is 5. The summed E-state index contributed by atoms with van der Waals surface area (Å²) >= 11 is 0. The van der Waals surface area contributed by atoms with Crippen LogP contribution in [0.25, 0.3) is 17.1 Å². The Morgan fingerprint density at radius 3 is 2.13 bits per heavy atom. The lowest BCUT2D eigenvalue weighted by molar-refractivity contribution is -0.138. The van der Waals surface area contributed by atoms with Gasteiger partial charge in [-0.1, -0.05) is 56.3 Å². The van der Waals surface area contributed by atoms with Crippen molar-refractivity contribution in [2.45, 2.75) is 83.8 Å². The van der Waals surface area contributed by atoms with E-state index in [0.717, 1.165) is 37.1 Å². The van der Waals surface area contributed by atoms with Crippen molar-refractivity contribution in [1.82, 2.24) is 40.1 Å². The molecule has 2 aliphatic rings. The van der Waals surface area contributed by atoms with E-state index in [4.69, 9.17) is 10.5 Å². The number of aromatic nitrogens is 3. The number of phenolic OH excluding ortho intramolecular Hbond substituents is 2. The third-order valence-corrected chi connectivity index (χ3v) is 12.9. The molecule has 6 N–H and O–H groups in total. The van der Waals surface area contributed by atoms with Crippen molar-refractivity contribution >= 4 is 29.7 Å². The Balaban J connectivity index is 0.868. The predicted molar refractivity (Wildman–Crippen MR) is 255 cm³/mol. The van der Waals surface area contributed by atoms with Gasteiger partial charge in [0.1, 0.15) is 23.3 Å². The zero-order valence-electron chi connectivity index (χ0n) is 39.1. The molecule has 0 spiro atoms. The van der Waals surface area contributed by atoms with E-state index < -0.39 is 29.9 Å². The van der Waals surface area contributed by atoms with E-state index in [0.29, 0.717) is 74.2 Å². The molecule has 2 aliphatic heterocycles. The van der Waals surface area contributed by atoms with Crippen molar-refractivity contribution in [2.24, 2.45) is 11.7 Å². The Morgan fingerprint density at radius 2 is 1.50 bits per heavy atom. The molecule has 17 heteroatoms. The first-order valence-corrected chi connectivity index (χ1v) is 23.3. The SMILES string of the molecule is CCNC(=O)c1nnc(-c2cc(C(C)C)c(O)cc2O)n1-c1ccc(CN2CCC(C(=O)N3CCC(N(C)C(=O)Oc4ccc(C(=O)NC(CCc5ccccc5)C(N)=O)cc4)CC3)CC2)cc1. The fourth-order valence-electron chi connectivity index (χ4n) is 8.88. The molecule has 358 valence electrons. The Morgan fingerprint density at radius 1 is 0.824 bits per heavy atom. The van der Waals surface area contributed by atoms with Crippen LogP contribution in [-0.4, -0.2) is 121 Å². The fourth-order valence-corrected chi connectivity index (χ4v) is 8.88. The summed E-state index contributed by atoms with van der Waals surface area (Å²) in [5.41, 5.74) is 9.55. The highest BCUT2D eigenvalue weighted by Crippen LogP contribution is 2.38. The van der Waals surface area contributed by atoms with Crippen LogP contribution >= 0.6 is 0 Å². The number of hydrogen-bond donors (Lipinski definition) is 5. The van der Waals surface area contributed by atoms with E-state index in [-0.39, 0.29) is 52.7 Å². The lowest BCUT2D eigenvalue weighted by Crippen LogP contribution is -2.50. The molecular weight excluding hydrogens is 867 g/mol. The molecule has 0 saturated carbocycles. The zero-order valence-corrected chi connectivity index (χ0v) is 39.1. The van der Waals surface area contributed by atoms with Gasteiger partial charge in [-0.25, -0.2) is 4.79 Å². The Hall–Kier alpha value is -7.27. The van der Waals surface area contributed by atoms with Crippen LogP contribution in [0.5, 0.6) is 17.2 Å². The summed E-state index contributed by atoms with van der Waals surface area (Å²) in [6, 6.07) is 25.5. The number of benzene rings is 4. The molecule has 4 aromatic carbocycles. The average molecular weight is 928 g/mol. The van der Waals surface area contributed by atoms with Crippen molar-refractivity contribution in [3.8, 4) is 34.3 Å². The predicted octanol–water partition coefficient (Wildman–Crippen LogP) is 5.77. The maximum absolute atomic E-state index is 13.7. The number of rotatable bonds is 16. The monoisotopic (exact) mass is 927 g/mol. The molecular formula is C51H61N9O8. The molecule has 1 atom stereocenters. The van der Waals surface area contributed by atoms with Crippen LogP contribution in [0.1, 0.15) is 96.5 Å². The lowest BCUT2D eigenvalue weighted by Gasteiger charge is -2.39. The summed E-state index contributed by atoms with van der Waals surface area (Å²) in [5, 5.41) is 35.4. The third-order valence-electron chi connectivity index (χ3n) is 12.9. The molecule has 7 rings (SSSR count). The first kappa shape index (κ1) is 48.7. The Labute approximate surface area is 396 Å². The number of nitrogens with two attached hydrogens (primary N) is 1. The van der Waals surface area contributed by atoms with E-state index >= 15 is 0 Å². The van der Waals surface area contributed by atoms with Gasteiger partial charge >= 0.3 is 6.09 Å². The second-order valence-electron chi connectivity index (χ2n) is 17.9. The van der Waals surface area contributed by atoms with Gasteiger partial charge in [-0.15, -0.1) is 10.2 Å². The summed E-state index contributed by atoms with van der Waals surface area (Å²) in [7, 11) is 1.69. The molecule has 17 nitrogen and oxygen atoms in total. The molecule has 5 aromatic rings. The summed E-state index contributed by atoms with van der Waals surface area (Å²) in [6.07, 6.45) is 3.10. The number of ether oxygens (including phenoxy) is 1. The molecule has 1 aromatic heterocycles. The van der Waals surface area contributed by atoms with Gasteiger partial charge in [-0.05, 0) is 124 Å². The largest absolute Gasteiger partial charge is 0.508 e. The van der Waals surface area contributed by atoms with E-state index in [1.165, 1.54) is 30.3 Å². The number of likely N-dealkylation sites (tertiary alicyclic amines) is 2. The smallest absolute Gasteiger partial charge is 0.415 e. The third kappa shape index (κ3) is 11.6. The average Bonchev–Trinajstić information content (AvgIpc) is 3.78. The highest BCUT2D eigenvalue weighted by atomic mass is 16.6. The maximum Gasteiger partial charge on any atom is 0.415 e. The standard InChI is InChI=1S/C51H61N9O8/c1-5-53-49(65)47-56-55-46(41-29-40(32(2)3)43(61)30-44(41)62)60(47)38-16-11-34(12-17-38)31-58-25-21-36(22-26-58)50(66)59-27-23-37(24-28-59)57(4)51(67)68-39-18-14-35(15-19-39)48(64)54-42(45(52)63)20-13-33-9-7-6-8-10-33/h6-12,14-19,29-30,32,36-37,42,61-62H,5,13,20-28,31H2,1-4H3,(H2,52,63)(H,53,65)(H,54,64). The van der Waals surface area contributed by atoms with Crippen LogP contribution in [0.15, 0.2) is 91.0 Å². The summed E-state index contributed by atoms with van der Waals surface area (Å²) < 4.78 is 7.25. The molecule has 1 unspecified atom stereocenters. The number of hydrogen-bond acceptors (Lipinski definition) is 11. The molecule has 5 amide bonds. The van der Waals surface area contributed by atoms with Gasteiger partial charge in [0.15, 0.2) is 5.82 Å². The molecule has 0 aliphatic carbocycles. The van der Waals surface area contributed by atoms with Gasteiger partial charge in [0.05, 0.1) is 5.56 Å². The second-order valence-corrected chi connectivity index (χ2v) is 17.9. The van der Waals surface area contributed by atoms with E-state index in [1.807, 2.05) is 80.3 Å². The molecule has 0 bridgehead atoms. The zero-order chi connectivity index (χ0) is 48.5. The summed E-state index contributed by atoms with van der Waals surface area (Å²) in [5.74, 6) is -1.07. The van der Waals surface area contributed by atoms with Gasteiger partial charge in [0.25, 0.3) is 11.8 Å². The first-order chi connectivity index (χ1) is 32.7. The minimum absolute atomic E-state index is 0.0270. The van der Waals surface area contributed by atoms with Gasteiger partial charge < -0.3 is 41.1 Å². The topological polar surface area (TPSA) is 226 Å². The van der Waals surface area contributed by atoms with Crippen LogP contribution < -0.4 is 21.1 Å². The van der Waals surface area contributed by atoms with Crippen LogP contribution in [0, 0.1) is 5.92 Å². The number of primary amides is 1. The van der Waals surface area contributed by atoms with Crippen molar-refractivity contribution in [3.05, 3.63) is 119 Å². The Bertz CT molecular complexity index is 2570. The van der Waals surface area contributed by atoms with Crippen LogP contribution in [0.3, 0.4) is 0 Å². The minimum atomic E-state index is -0.843. The highest BCUT2D eigenvalue weighted by Gasteiger charge is 2.33. The number of piperidine rings is 2. The van der Waals surface area contributed by atoms with Gasteiger partial charge in [0, 0.05) is 62.5 Å². The fraction of sp³-hybridized carbons (Fsp3) is 0.392. The second kappa shape index (κ2) is 22.0. The summed E-state index contributed by atoms with van der Waals surface area (Å²) in [6.45, 7) is 9.34. The number of nitrogens with zero attached hydrogens (tertiary/aromatic N) is 6. The van der Waals surface area contributed by atoms with Crippen molar-refractivity contribution < 1.29 is 38.9 Å². The van der Waals surface area contributed by atoms with Crippen LogP contribution in [0.4, 0.5) is 4.79 Å². The first-order valence-electron chi connectivity index (χ1n) is 23.3. The van der Waals surface area contributed by atoms with E-state index in [9.17, 15) is 34.2 Å². The van der Waals surface area contributed by atoms with Crippen molar-refractivity contribution in [1.29, 1.82) is 0 Å². The number of aromatic hydroxyl groups is 2. The number of nitrogens with one attached hydrogen (secondary N) is 2. The quantitative estimate of drug-likeness (QED) is 0.0799. The van der Waals surface area contributed by atoms with Crippen molar-refractivity contribution in [3.63, 3.8) is 0 Å². The molecule has 2 fully saturated rings. The van der Waals surface area contributed by atoms with Gasteiger partial charge in [0.2, 0.25) is 17.6 Å². The number of phenols is 2. The summed E-state index contributed by atoms with van der Waals surface area (Å²) in [4.78, 5) is 70.8. The van der Waals surface area contributed by atoms with Gasteiger partial charge in [-0.3, -0.25) is 28.6 Å². The molecule has 3 heterocycles. The number of carbonyl (C=O) groups is 5. The van der Waals surface area contributed by atoms with Crippen LogP contribution in [-0.2, 0) is 22.6 Å².